The molecule has 3 rings (SSSR count). The molecular weight excluding hydrogens is 404 g/mol. The highest BCUT2D eigenvalue weighted by molar-refractivity contribution is 9.10. The number of rotatable bonds is 6. The maximum Gasteiger partial charge on any atom is 0.273 e. The van der Waals surface area contributed by atoms with Gasteiger partial charge in [0.25, 0.3) is 5.69 Å². The third kappa shape index (κ3) is 4.09. The van der Waals surface area contributed by atoms with E-state index in [-0.39, 0.29) is 24.6 Å². The number of carbonyl (C=O) groups excluding carboxylic acids is 1. The number of nitro benzene ring substituents is 1. The molecule has 1 heterocycles. The molecule has 0 saturated heterocycles. The van der Waals surface area contributed by atoms with Gasteiger partial charge in [0.2, 0.25) is 5.91 Å². The fraction of sp³-hybridized carbons (Fsp3) is 0.125. The van der Waals surface area contributed by atoms with Gasteiger partial charge in [-0.3, -0.25) is 14.9 Å². The summed E-state index contributed by atoms with van der Waals surface area (Å²) in [5, 5.41) is 25.2. The van der Waals surface area contributed by atoms with E-state index in [2.05, 4.69) is 36.8 Å². The van der Waals surface area contributed by atoms with Gasteiger partial charge in [0, 0.05) is 16.1 Å². The molecule has 0 aliphatic rings. The van der Waals surface area contributed by atoms with E-state index in [0.29, 0.717) is 11.4 Å². The Morgan fingerprint density at radius 3 is 2.81 bits per heavy atom. The van der Waals surface area contributed by atoms with E-state index in [1.54, 1.807) is 18.2 Å². The second-order valence-electron chi connectivity index (χ2n) is 5.33. The molecule has 0 radical (unpaired) electrons. The van der Waals surface area contributed by atoms with E-state index in [1.807, 2.05) is 24.3 Å². The zero-order chi connectivity index (χ0) is 18.5. The van der Waals surface area contributed by atoms with Crippen LogP contribution in [0.15, 0.2) is 53.0 Å². The number of tetrazole rings is 1. The number of nitrogens with zero attached hydrogens (tertiary/aromatic N) is 5. The third-order valence-corrected chi connectivity index (χ3v) is 4.06. The van der Waals surface area contributed by atoms with Crippen molar-refractivity contribution in [2.75, 3.05) is 0 Å². The van der Waals surface area contributed by atoms with E-state index in [9.17, 15) is 14.9 Å². The first-order valence-corrected chi connectivity index (χ1v) is 8.36. The number of halogens is 1. The SMILES string of the molecule is O=C(Cc1ccccc1[N+](=O)[O-])NCc1nnnn1-c1cccc(Br)c1. The number of carbonyl (C=O) groups is 1. The molecule has 2 aromatic carbocycles. The summed E-state index contributed by atoms with van der Waals surface area (Å²) in [5.41, 5.74) is 1.01. The number of para-hydroxylation sites is 1. The van der Waals surface area contributed by atoms with Crippen LogP contribution in [0.1, 0.15) is 11.4 Å². The van der Waals surface area contributed by atoms with Crippen molar-refractivity contribution in [3.05, 3.63) is 74.5 Å². The second-order valence-corrected chi connectivity index (χ2v) is 6.24. The summed E-state index contributed by atoms with van der Waals surface area (Å²) in [6.45, 7) is 0.0962. The summed E-state index contributed by atoms with van der Waals surface area (Å²) >= 11 is 3.38. The van der Waals surface area contributed by atoms with Gasteiger partial charge in [-0.05, 0) is 28.6 Å². The number of nitrogens with one attached hydrogen (secondary N) is 1. The van der Waals surface area contributed by atoms with Gasteiger partial charge in [-0.1, -0.05) is 40.2 Å². The molecule has 0 unspecified atom stereocenters. The third-order valence-electron chi connectivity index (χ3n) is 3.57. The van der Waals surface area contributed by atoms with Crippen molar-refractivity contribution < 1.29 is 9.72 Å². The molecule has 9 nitrogen and oxygen atoms in total. The van der Waals surface area contributed by atoms with Crippen LogP contribution >= 0.6 is 15.9 Å². The lowest BCUT2D eigenvalue weighted by molar-refractivity contribution is -0.385. The summed E-state index contributed by atoms with van der Waals surface area (Å²) in [6.07, 6.45) is -0.102. The van der Waals surface area contributed by atoms with Gasteiger partial charge in [0.05, 0.1) is 23.6 Å². The molecule has 0 bridgehead atoms. The van der Waals surface area contributed by atoms with Gasteiger partial charge in [0.1, 0.15) is 0 Å². The van der Waals surface area contributed by atoms with Crippen molar-refractivity contribution in [2.24, 2.45) is 0 Å². The monoisotopic (exact) mass is 416 g/mol. The molecule has 0 fully saturated rings. The Kier molecular flexibility index (Phi) is 5.32. The maximum absolute atomic E-state index is 12.2. The summed E-state index contributed by atoms with van der Waals surface area (Å²) in [4.78, 5) is 22.7. The zero-order valence-electron chi connectivity index (χ0n) is 13.4. The van der Waals surface area contributed by atoms with Crippen LogP contribution in [0.5, 0.6) is 0 Å². The second kappa shape index (κ2) is 7.83. The smallest absolute Gasteiger partial charge is 0.273 e. The minimum atomic E-state index is -0.504. The standard InChI is InChI=1S/C16H13BrN6O3/c17-12-5-3-6-13(9-12)22-15(19-20-21-22)10-18-16(24)8-11-4-1-2-7-14(11)23(25)26/h1-7,9H,8,10H2,(H,18,24). The Labute approximate surface area is 156 Å². The van der Waals surface area contributed by atoms with Gasteiger partial charge in [-0.25, -0.2) is 0 Å². The number of nitro groups is 1. The molecule has 0 atom stereocenters. The molecule has 0 saturated carbocycles. The predicted octanol–water partition coefficient (Wildman–Crippen LogP) is 2.19. The number of amides is 1. The highest BCUT2D eigenvalue weighted by atomic mass is 79.9. The minimum Gasteiger partial charge on any atom is -0.348 e. The Morgan fingerprint density at radius 2 is 2.04 bits per heavy atom. The Morgan fingerprint density at radius 1 is 1.23 bits per heavy atom. The van der Waals surface area contributed by atoms with Gasteiger partial charge in [-0.2, -0.15) is 4.68 Å². The van der Waals surface area contributed by atoms with Crippen molar-refractivity contribution in [3.8, 4) is 5.69 Å². The van der Waals surface area contributed by atoms with E-state index in [1.165, 1.54) is 10.7 Å². The lowest BCUT2D eigenvalue weighted by Crippen LogP contribution is -2.26. The van der Waals surface area contributed by atoms with Crippen LogP contribution in [0.3, 0.4) is 0 Å². The first-order valence-electron chi connectivity index (χ1n) is 7.57. The van der Waals surface area contributed by atoms with Gasteiger partial charge < -0.3 is 5.32 Å². The number of aromatic nitrogens is 4. The van der Waals surface area contributed by atoms with Gasteiger partial charge >= 0.3 is 0 Å². The van der Waals surface area contributed by atoms with Crippen molar-refractivity contribution in [1.29, 1.82) is 0 Å². The molecule has 1 amide bonds. The van der Waals surface area contributed by atoms with Crippen molar-refractivity contribution >= 4 is 27.5 Å². The van der Waals surface area contributed by atoms with E-state index >= 15 is 0 Å². The molecule has 0 aliphatic heterocycles. The molecule has 1 N–H and O–H groups in total. The maximum atomic E-state index is 12.2. The molecule has 3 aromatic rings. The van der Waals surface area contributed by atoms with Crippen LogP contribution in [-0.2, 0) is 17.8 Å². The molecule has 1 aromatic heterocycles. The predicted molar refractivity (Wildman–Crippen MR) is 95.5 cm³/mol. The fourth-order valence-electron chi connectivity index (χ4n) is 2.38. The molecule has 26 heavy (non-hydrogen) atoms. The topological polar surface area (TPSA) is 116 Å². The average Bonchev–Trinajstić information content (AvgIpc) is 3.09. The van der Waals surface area contributed by atoms with Crippen LogP contribution < -0.4 is 5.32 Å². The molecule has 0 aliphatic carbocycles. The molecule has 10 heteroatoms. The Hall–Kier alpha value is -3.14. The normalized spacial score (nSPS) is 10.5. The van der Waals surface area contributed by atoms with Crippen molar-refractivity contribution in [2.45, 2.75) is 13.0 Å². The summed E-state index contributed by atoms with van der Waals surface area (Å²) in [6, 6.07) is 13.5. The van der Waals surface area contributed by atoms with Crippen LogP contribution in [0, 0.1) is 10.1 Å². The van der Waals surface area contributed by atoms with Crippen LogP contribution in [0.2, 0.25) is 0 Å². The number of hydrogen-bond acceptors (Lipinski definition) is 6. The number of hydrogen-bond donors (Lipinski definition) is 1. The van der Waals surface area contributed by atoms with Crippen molar-refractivity contribution in [3.63, 3.8) is 0 Å². The fourth-order valence-corrected chi connectivity index (χ4v) is 2.76. The van der Waals surface area contributed by atoms with Crippen LogP contribution in [0.25, 0.3) is 5.69 Å². The Bertz CT molecular complexity index is 958. The number of benzene rings is 2. The largest absolute Gasteiger partial charge is 0.348 e. The quantitative estimate of drug-likeness (QED) is 0.486. The van der Waals surface area contributed by atoms with Gasteiger partial charge in [-0.15, -0.1) is 5.10 Å². The van der Waals surface area contributed by atoms with E-state index in [0.717, 1.165) is 10.2 Å². The van der Waals surface area contributed by atoms with E-state index in [4.69, 9.17) is 0 Å². The van der Waals surface area contributed by atoms with Crippen LogP contribution in [0.4, 0.5) is 5.69 Å². The zero-order valence-corrected chi connectivity index (χ0v) is 15.0. The highest BCUT2D eigenvalue weighted by Gasteiger charge is 2.16. The lowest BCUT2D eigenvalue weighted by Gasteiger charge is -2.07. The van der Waals surface area contributed by atoms with E-state index < -0.39 is 4.92 Å². The minimum absolute atomic E-state index is 0.0818. The summed E-state index contributed by atoms with van der Waals surface area (Å²) in [5.74, 6) is 0.0853. The van der Waals surface area contributed by atoms with Gasteiger partial charge in [0.15, 0.2) is 5.82 Å². The molecule has 0 spiro atoms. The van der Waals surface area contributed by atoms with Crippen molar-refractivity contribution in [1.82, 2.24) is 25.5 Å². The summed E-state index contributed by atoms with van der Waals surface area (Å²) < 4.78 is 2.38. The lowest BCUT2D eigenvalue weighted by atomic mass is 10.1. The highest BCUT2D eigenvalue weighted by Crippen LogP contribution is 2.18. The first-order chi connectivity index (χ1) is 12.5. The average molecular weight is 417 g/mol. The first kappa shape index (κ1) is 17.7. The molecule has 132 valence electrons. The van der Waals surface area contributed by atoms with Crippen LogP contribution in [-0.4, -0.2) is 31.0 Å². The molecular formula is C16H13BrN6O3. The Balaban J connectivity index is 1.68. The summed E-state index contributed by atoms with van der Waals surface area (Å²) in [7, 11) is 0.